The van der Waals surface area contributed by atoms with Gasteiger partial charge in [0.05, 0.1) is 16.5 Å². The molecule has 0 aliphatic carbocycles. The second kappa shape index (κ2) is 4.69. The average molecular weight is 294 g/mol. The van der Waals surface area contributed by atoms with Crippen molar-refractivity contribution in [1.82, 2.24) is 0 Å². The van der Waals surface area contributed by atoms with E-state index >= 15 is 0 Å². The normalized spacial score (nSPS) is 11.2. The van der Waals surface area contributed by atoms with Crippen LogP contribution in [0.25, 0.3) is 20.2 Å². The van der Waals surface area contributed by atoms with E-state index in [0.717, 1.165) is 11.3 Å². The van der Waals surface area contributed by atoms with E-state index in [1.807, 2.05) is 0 Å². The van der Waals surface area contributed by atoms with Crippen molar-refractivity contribution in [3.8, 4) is 5.75 Å². The molecule has 0 fully saturated rings. The number of hydrogen-bond donors (Lipinski definition) is 2. The zero-order chi connectivity index (χ0) is 14.4. The molecule has 0 spiro atoms. The van der Waals surface area contributed by atoms with Crippen LogP contribution in [0.3, 0.4) is 0 Å². The Morgan fingerprint density at radius 1 is 1.00 bits per heavy atom. The highest BCUT2D eigenvalue weighted by Gasteiger charge is 2.22. The average Bonchev–Trinajstić information content (AvgIpc) is 2.80. The topological polar surface area (TPSA) is 49.7 Å². The van der Waals surface area contributed by atoms with Crippen molar-refractivity contribution in [2.45, 2.75) is 0 Å². The van der Waals surface area contributed by atoms with Gasteiger partial charge in [0.2, 0.25) is 0 Å². The molecule has 1 aromatic heterocycles. The summed E-state index contributed by atoms with van der Waals surface area (Å²) >= 11 is 0.924. The van der Waals surface area contributed by atoms with Crippen LogP contribution >= 0.6 is 11.3 Å². The maximum atomic E-state index is 14.2. The van der Waals surface area contributed by atoms with Crippen molar-refractivity contribution < 1.29 is 23.6 Å². The van der Waals surface area contributed by atoms with Crippen molar-refractivity contribution >= 4 is 44.1 Å². The molecule has 0 amide bonds. The van der Waals surface area contributed by atoms with Crippen LogP contribution in [0.2, 0.25) is 0 Å². The van der Waals surface area contributed by atoms with Crippen LogP contribution in [0, 0.1) is 11.6 Å². The molecule has 0 atom stereocenters. The van der Waals surface area contributed by atoms with Gasteiger partial charge in [-0.15, -0.1) is 11.3 Å². The summed E-state index contributed by atoms with van der Waals surface area (Å²) in [6.07, 6.45) is 0. The lowest BCUT2D eigenvalue weighted by molar-refractivity contribution is 0.389. The predicted molar refractivity (Wildman–Crippen MR) is 75.6 cm³/mol. The maximum Gasteiger partial charge on any atom is 0.491 e. The summed E-state index contributed by atoms with van der Waals surface area (Å²) in [5, 5.41) is 19.3. The molecule has 0 bridgehead atoms. The third-order valence-corrected chi connectivity index (χ3v) is 4.39. The van der Waals surface area contributed by atoms with E-state index in [9.17, 15) is 8.78 Å². The van der Waals surface area contributed by atoms with E-state index in [0.29, 0.717) is 10.8 Å². The molecule has 102 valence electrons. The minimum Gasteiger partial charge on any atom is -0.494 e. The molecule has 2 N–H and O–H groups in total. The molecule has 0 radical (unpaired) electrons. The number of methoxy groups -OCH3 is 1. The molecule has 0 aliphatic heterocycles. The summed E-state index contributed by atoms with van der Waals surface area (Å²) in [7, 11) is -0.540. The number of ether oxygens (including phenoxy) is 1. The predicted octanol–water partition coefficient (Wildman–Crippen LogP) is 2.02. The van der Waals surface area contributed by atoms with Crippen LogP contribution in [0.1, 0.15) is 0 Å². The van der Waals surface area contributed by atoms with Gasteiger partial charge in [0, 0.05) is 16.2 Å². The first kappa shape index (κ1) is 13.3. The Morgan fingerprint density at radius 2 is 1.60 bits per heavy atom. The van der Waals surface area contributed by atoms with Crippen molar-refractivity contribution in [2.75, 3.05) is 7.11 Å². The molecule has 3 nitrogen and oxygen atoms in total. The maximum absolute atomic E-state index is 14.2. The molecule has 1 heterocycles. The summed E-state index contributed by atoms with van der Waals surface area (Å²) in [6, 6.07) is 5.98. The van der Waals surface area contributed by atoms with Crippen molar-refractivity contribution in [3.63, 3.8) is 0 Å². The van der Waals surface area contributed by atoms with Crippen molar-refractivity contribution in [3.05, 3.63) is 35.9 Å². The molecule has 20 heavy (non-hydrogen) atoms. The minimum atomic E-state index is -1.90. The summed E-state index contributed by atoms with van der Waals surface area (Å²) in [4.78, 5) is 0. The molecule has 3 rings (SSSR count). The van der Waals surface area contributed by atoms with E-state index in [1.165, 1.54) is 19.2 Å². The lowest BCUT2D eigenvalue weighted by Gasteiger charge is -2.02. The summed E-state index contributed by atoms with van der Waals surface area (Å²) in [6.45, 7) is 0. The third-order valence-electron chi connectivity index (χ3n) is 3.18. The van der Waals surface area contributed by atoms with Crippen LogP contribution in [0.15, 0.2) is 24.3 Å². The quantitative estimate of drug-likeness (QED) is 0.711. The number of rotatable bonds is 2. The molecule has 2 aromatic carbocycles. The number of halogens is 2. The largest absolute Gasteiger partial charge is 0.494 e. The lowest BCUT2D eigenvalue weighted by atomic mass is 9.79. The molecule has 0 aliphatic rings. The van der Waals surface area contributed by atoms with Gasteiger partial charge < -0.3 is 14.8 Å². The van der Waals surface area contributed by atoms with Crippen molar-refractivity contribution in [1.29, 1.82) is 0 Å². The van der Waals surface area contributed by atoms with Gasteiger partial charge >= 0.3 is 7.12 Å². The first-order chi connectivity index (χ1) is 9.54. The zero-order valence-electron chi connectivity index (χ0n) is 10.4. The lowest BCUT2D eigenvalue weighted by Crippen LogP contribution is -2.32. The summed E-state index contributed by atoms with van der Waals surface area (Å²) < 4.78 is 33.7. The van der Waals surface area contributed by atoms with Gasteiger partial charge in [0.25, 0.3) is 0 Å². The Kier molecular flexibility index (Phi) is 3.12. The minimum absolute atomic E-state index is 0.0897. The SMILES string of the molecule is COc1ccc2c(sc3c(F)c(B(O)O)ccc32)c1F. The van der Waals surface area contributed by atoms with E-state index in [-0.39, 0.29) is 20.6 Å². The van der Waals surface area contributed by atoms with E-state index in [2.05, 4.69) is 0 Å². The van der Waals surface area contributed by atoms with Gasteiger partial charge in [-0.2, -0.15) is 0 Å². The number of hydrogen-bond acceptors (Lipinski definition) is 4. The summed E-state index contributed by atoms with van der Waals surface area (Å²) in [5.41, 5.74) is -0.226. The van der Waals surface area contributed by atoms with Crippen LogP contribution in [0.5, 0.6) is 5.75 Å². The fourth-order valence-electron chi connectivity index (χ4n) is 2.19. The Balaban J connectivity index is 2.41. The third kappa shape index (κ3) is 1.78. The number of thiophene rings is 1. The fraction of sp³-hybridized carbons (Fsp3) is 0.0769. The van der Waals surface area contributed by atoms with E-state index < -0.39 is 18.8 Å². The Morgan fingerprint density at radius 3 is 2.20 bits per heavy atom. The standard InChI is InChI=1S/C13H9BF2O3S/c1-19-9-5-3-7-6-2-4-8(14(17)18)10(15)12(6)20-13(7)11(9)16/h2-5,17-18H,1H3. The zero-order valence-corrected chi connectivity index (χ0v) is 11.2. The Hall–Kier alpha value is -1.70. The Bertz CT molecular complexity index is 816. The molecular weight excluding hydrogens is 285 g/mol. The molecule has 0 saturated heterocycles. The van der Waals surface area contributed by atoms with Gasteiger partial charge in [0.1, 0.15) is 5.82 Å². The van der Waals surface area contributed by atoms with Gasteiger partial charge in [0.15, 0.2) is 11.6 Å². The van der Waals surface area contributed by atoms with Gasteiger partial charge in [-0.3, -0.25) is 0 Å². The Labute approximate surface area is 117 Å². The van der Waals surface area contributed by atoms with E-state index in [1.54, 1.807) is 12.1 Å². The molecule has 0 saturated carbocycles. The number of benzene rings is 2. The first-order valence-electron chi connectivity index (χ1n) is 5.78. The van der Waals surface area contributed by atoms with Crippen LogP contribution < -0.4 is 10.2 Å². The summed E-state index contributed by atoms with van der Waals surface area (Å²) in [5.74, 6) is -1.19. The second-order valence-electron chi connectivity index (χ2n) is 4.28. The first-order valence-corrected chi connectivity index (χ1v) is 6.59. The fourth-order valence-corrected chi connectivity index (χ4v) is 3.37. The van der Waals surface area contributed by atoms with Crippen LogP contribution in [-0.4, -0.2) is 24.3 Å². The van der Waals surface area contributed by atoms with Crippen LogP contribution in [-0.2, 0) is 0 Å². The highest BCUT2D eigenvalue weighted by Crippen LogP contribution is 2.39. The van der Waals surface area contributed by atoms with Crippen LogP contribution in [0.4, 0.5) is 8.78 Å². The molecular formula is C13H9BF2O3S. The highest BCUT2D eigenvalue weighted by molar-refractivity contribution is 7.26. The monoisotopic (exact) mass is 294 g/mol. The molecule has 7 heteroatoms. The van der Waals surface area contributed by atoms with Crippen molar-refractivity contribution in [2.24, 2.45) is 0 Å². The van der Waals surface area contributed by atoms with Gasteiger partial charge in [-0.05, 0) is 12.1 Å². The van der Waals surface area contributed by atoms with Gasteiger partial charge in [-0.1, -0.05) is 12.1 Å². The molecule has 0 unspecified atom stereocenters. The second-order valence-corrected chi connectivity index (χ2v) is 5.30. The number of fused-ring (bicyclic) bond motifs is 3. The van der Waals surface area contributed by atoms with Gasteiger partial charge in [-0.25, -0.2) is 8.78 Å². The smallest absolute Gasteiger partial charge is 0.491 e. The molecule has 3 aromatic rings. The van der Waals surface area contributed by atoms with E-state index in [4.69, 9.17) is 14.8 Å². The highest BCUT2D eigenvalue weighted by atomic mass is 32.1.